The Morgan fingerprint density at radius 1 is 1.04 bits per heavy atom. The largest absolute Gasteiger partial charge is 0.381 e. The molecule has 0 fully saturated rings. The molecule has 0 aliphatic rings. The van der Waals surface area contributed by atoms with Crippen LogP contribution in [0.4, 0.5) is 0 Å². The first-order chi connectivity index (χ1) is 12.5. The molecular weight excluding hydrogens is 334 g/mol. The summed E-state index contributed by atoms with van der Waals surface area (Å²) >= 11 is 0. The number of aromatic nitrogens is 2. The lowest BCUT2D eigenvalue weighted by Gasteiger charge is -2.26. The van der Waals surface area contributed by atoms with Crippen molar-refractivity contribution in [2.24, 2.45) is 5.41 Å². The summed E-state index contributed by atoms with van der Waals surface area (Å²) in [6, 6.07) is 11.0. The van der Waals surface area contributed by atoms with Crippen molar-refractivity contribution in [3.63, 3.8) is 0 Å². The summed E-state index contributed by atoms with van der Waals surface area (Å²) in [6.45, 7) is 16.8. The number of nitrogens with one attached hydrogen (secondary N) is 1. The molecule has 1 unspecified atom stereocenters. The molecule has 4 nitrogen and oxygen atoms in total. The zero-order valence-electron chi connectivity index (χ0n) is 18.0. The number of nitrogens with zero attached hydrogens (tertiary/aromatic N) is 2. The van der Waals surface area contributed by atoms with Crippen LogP contribution in [-0.2, 0) is 11.2 Å². The van der Waals surface area contributed by atoms with Crippen LogP contribution in [0.25, 0.3) is 5.69 Å². The summed E-state index contributed by atoms with van der Waals surface area (Å²) in [6.07, 6.45) is 4.84. The predicted octanol–water partition coefficient (Wildman–Crippen LogP) is 4.41. The minimum atomic E-state index is 0.0980. The molecule has 2 rings (SSSR count). The van der Waals surface area contributed by atoms with Crippen molar-refractivity contribution in [1.82, 2.24) is 10.4 Å². The Morgan fingerprint density at radius 2 is 1.70 bits per heavy atom. The molecule has 0 aliphatic carbocycles. The van der Waals surface area contributed by atoms with Gasteiger partial charge in [-0.1, -0.05) is 37.6 Å². The van der Waals surface area contributed by atoms with Gasteiger partial charge in [-0.15, -0.1) is 0 Å². The maximum Gasteiger partial charge on any atom is 0.238 e. The zero-order chi connectivity index (χ0) is 20.1. The maximum absolute atomic E-state index is 5.75. The Balaban J connectivity index is 1.93. The summed E-state index contributed by atoms with van der Waals surface area (Å²) in [4.78, 5) is 0. The zero-order valence-corrected chi connectivity index (χ0v) is 18.0. The average Bonchev–Trinajstić information content (AvgIpc) is 2.57. The molecule has 1 aromatic carbocycles. The van der Waals surface area contributed by atoms with E-state index in [4.69, 9.17) is 4.74 Å². The molecule has 2 aromatic rings. The van der Waals surface area contributed by atoms with Crippen molar-refractivity contribution in [2.45, 2.75) is 66.5 Å². The average molecular weight is 371 g/mol. The molecule has 0 saturated heterocycles. The van der Waals surface area contributed by atoms with Crippen LogP contribution in [0.5, 0.6) is 0 Å². The van der Waals surface area contributed by atoms with E-state index in [2.05, 4.69) is 89.2 Å². The van der Waals surface area contributed by atoms with Gasteiger partial charge in [0.25, 0.3) is 0 Å². The standard InChI is InChI=1S/C23H36N3O/c1-18(25-23(5,6)7)20-8-10-21(11-9-20)26-14-12-19(16-24-26)13-15-27-17-22(2,3)4/h8-12,14,16,18,25H,13,15,17H2,1-7H3/q+1. The van der Waals surface area contributed by atoms with E-state index in [1.807, 2.05) is 17.1 Å². The minimum absolute atomic E-state index is 0.0980. The van der Waals surface area contributed by atoms with Crippen LogP contribution in [0.3, 0.4) is 0 Å². The number of hydrogen-bond acceptors (Lipinski definition) is 3. The highest BCUT2D eigenvalue weighted by Gasteiger charge is 2.16. The van der Waals surface area contributed by atoms with Crippen molar-refractivity contribution in [2.75, 3.05) is 13.2 Å². The molecule has 4 heteroatoms. The Kier molecular flexibility index (Phi) is 7.12. The Bertz CT molecular complexity index is 694. The van der Waals surface area contributed by atoms with Gasteiger partial charge in [-0.25, -0.2) is 0 Å². The molecule has 1 N–H and O–H groups in total. The van der Waals surface area contributed by atoms with Crippen molar-refractivity contribution in [1.29, 1.82) is 0 Å². The SMILES string of the molecule is CC(NC(C)(C)C)c1ccc(-[n+]2ccc(CCOCC(C)(C)C)cn2)cc1. The maximum atomic E-state index is 5.75. The molecule has 0 saturated carbocycles. The van der Waals surface area contributed by atoms with Gasteiger partial charge in [0.05, 0.1) is 19.4 Å². The van der Waals surface area contributed by atoms with Gasteiger partial charge in [-0.05, 0) is 55.8 Å². The Hall–Kier alpha value is -1.78. The third-order valence-corrected chi connectivity index (χ3v) is 4.16. The summed E-state index contributed by atoms with van der Waals surface area (Å²) in [7, 11) is 0. The van der Waals surface area contributed by atoms with Crippen LogP contribution in [-0.4, -0.2) is 23.9 Å². The topological polar surface area (TPSA) is 38.0 Å². The van der Waals surface area contributed by atoms with Crippen LogP contribution < -0.4 is 10.00 Å². The minimum Gasteiger partial charge on any atom is -0.381 e. The fraction of sp³-hybridized carbons (Fsp3) is 0.565. The molecular formula is C23H36N3O+. The Labute approximate surface area is 165 Å². The van der Waals surface area contributed by atoms with Crippen LogP contribution >= 0.6 is 0 Å². The Morgan fingerprint density at radius 3 is 2.22 bits per heavy atom. The van der Waals surface area contributed by atoms with Gasteiger partial charge in [-0.3, -0.25) is 0 Å². The van der Waals surface area contributed by atoms with E-state index >= 15 is 0 Å². The molecule has 0 bridgehead atoms. The van der Waals surface area contributed by atoms with Crippen LogP contribution in [0.1, 0.15) is 65.6 Å². The molecule has 0 spiro atoms. The number of ether oxygens (including phenoxy) is 1. The van der Waals surface area contributed by atoms with E-state index in [9.17, 15) is 0 Å². The van der Waals surface area contributed by atoms with E-state index in [-0.39, 0.29) is 11.0 Å². The van der Waals surface area contributed by atoms with Crippen LogP contribution in [0.15, 0.2) is 42.7 Å². The van der Waals surface area contributed by atoms with Gasteiger partial charge >= 0.3 is 0 Å². The summed E-state index contributed by atoms with van der Waals surface area (Å²) in [5, 5.41) is 8.16. The van der Waals surface area contributed by atoms with Gasteiger partial charge in [0.1, 0.15) is 0 Å². The number of rotatable bonds is 7. The van der Waals surface area contributed by atoms with Crippen molar-refractivity contribution < 1.29 is 9.42 Å². The third kappa shape index (κ3) is 7.77. The second-order valence-electron chi connectivity index (χ2n) is 9.55. The molecule has 0 amide bonds. The van der Waals surface area contributed by atoms with Crippen molar-refractivity contribution in [3.8, 4) is 5.69 Å². The molecule has 0 radical (unpaired) electrons. The van der Waals surface area contributed by atoms with Gasteiger partial charge in [0, 0.05) is 29.8 Å². The normalized spacial score (nSPS) is 13.6. The summed E-state index contributed by atoms with van der Waals surface area (Å²) in [5.41, 5.74) is 3.85. The summed E-state index contributed by atoms with van der Waals surface area (Å²) in [5.74, 6) is 0. The monoisotopic (exact) mass is 370 g/mol. The third-order valence-electron chi connectivity index (χ3n) is 4.16. The quantitative estimate of drug-likeness (QED) is 0.579. The van der Waals surface area contributed by atoms with E-state index in [0.29, 0.717) is 6.04 Å². The number of benzene rings is 1. The highest BCUT2D eigenvalue weighted by Crippen LogP contribution is 2.17. The first kappa shape index (κ1) is 21.5. The number of hydrogen-bond donors (Lipinski definition) is 1. The fourth-order valence-corrected chi connectivity index (χ4v) is 2.90. The highest BCUT2D eigenvalue weighted by molar-refractivity contribution is 5.29. The highest BCUT2D eigenvalue weighted by atomic mass is 16.5. The van der Waals surface area contributed by atoms with Crippen molar-refractivity contribution >= 4 is 0 Å². The lowest BCUT2D eigenvalue weighted by atomic mass is 9.99. The van der Waals surface area contributed by atoms with Crippen molar-refractivity contribution in [3.05, 3.63) is 53.9 Å². The lowest BCUT2D eigenvalue weighted by Crippen LogP contribution is -2.38. The molecule has 27 heavy (non-hydrogen) atoms. The molecule has 1 atom stereocenters. The smallest absolute Gasteiger partial charge is 0.238 e. The van der Waals surface area contributed by atoms with Gasteiger partial charge < -0.3 is 10.1 Å². The lowest BCUT2D eigenvalue weighted by molar-refractivity contribution is -0.660. The van der Waals surface area contributed by atoms with E-state index in [0.717, 1.165) is 25.3 Å². The van der Waals surface area contributed by atoms with Gasteiger partial charge in [0.2, 0.25) is 11.9 Å². The first-order valence-electron chi connectivity index (χ1n) is 9.86. The van der Waals surface area contributed by atoms with Gasteiger partial charge in [0.15, 0.2) is 0 Å². The molecule has 148 valence electrons. The van der Waals surface area contributed by atoms with E-state index in [1.54, 1.807) is 0 Å². The molecule has 1 aromatic heterocycles. The van der Waals surface area contributed by atoms with E-state index < -0.39 is 0 Å². The summed E-state index contributed by atoms with van der Waals surface area (Å²) < 4.78 is 7.65. The van der Waals surface area contributed by atoms with Crippen LogP contribution in [0, 0.1) is 5.41 Å². The second-order valence-corrected chi connectivity index (χ2v) is 9.55. The molecule has 1 heterocycles. The van der Waals surface area contributed by atoms with Crippen LogP contribution in [0.2, 0.25) is 0 Å². The molecule has 0 aliphatic heterocycles. The fourth-order valence-electron chi connectivity index (χ4n) is 2.90. The van der Waals surface area contributed by atoms with Gasteiger partial charge in [-0.2, -0.15) is 0 Å². The predicted molar refractivity (Wildman–Crippen MR) is 111 cm³/mol. The van der Waals surface area contributed by atoms with E-state index in [1.165, 1.54) is 11.1 Å². The first-order valence-corrected chi connectivity index (χ1v) is 9.86. The second kappa shape index (κ2) is 8.94.